The van der Waals surface area contributed by atoms with E-state index < -0.39 is 11.6 Å². The molecule has 2 aromatic rings. The monoisotopic (exact) mass is 383 g/mol. The van der Waals surface area contributed by atoms with Crippen LogP contribution in [0.4, 0.5) is 10.6 Å². The van der Waals surface area contributed by atoms with Gasteiger partial charge in [0.15, 0.2) is 5.82 Å². The van der Waals surface area contributed by atoms with Crippen LogP contribution < -0.4 is 15.4 Å². The smallest absolute Gasteiger partial charge is 0.412 e. The first-order chi connectivity index (χ1) is 13.1. The van der Waals surface area contributed by atoms with Gasteiger partial charge in [-0.2, -0.15) is 10.4 Å². The Hall–Kier alpha value is -3.18. The molecule has 148 valence electrons. The molecule has 8 nitrogen and oxygen atoms in total. The largest absolute Gasteiger partial charge is 0.490 e. The number of hydrogen-bond acceptors (Lipinski definition) is 6. The molecule has 8 heteroatoms. The SMILES string of the molecule is CC(C)CC(C)(N)COc1ccc(-c2cnnc(N(C)C(=O)O)c2)cc1C#N. The molecular weight excluding hydrogens is 358 g/mol. The number of nitrogens with zero attached hydrogens (tertiary/aromatic N) is 4. The van der Waals surface area contributed by atoms with Crippen molar-refractivity contribution >= 4 is 11.9 Å². The summed E-state index contributed by atoms with van der Waals surface area (Å²) in [5, 5.41) is 26.3. The van der Waals surface area contributed by atoms with Gasteiger partial charge in [0.25, 0.3) is 0 Å². The van der Waals surface area contributed by atoms with Gasteiger partial charge in [0.1, 0.15) is 18.4 Å². The van der Waals surface area contributed by atoms with Gasteiger partial charge in [-0.25, -0.2) is 4.79 Å². The van der Waals surface area contributed by atoms with E-state index in [2.05, 4.69) is 30.1 Å². The second-order valence-electron chi connectivity index (χ2n) is 7.51. The second kappa shape index (κ2) is 8.67. The summed E-state index contributed by atoms with van der Waals surface area (Å²) in [6.07, 6.45) is 1.17. The zero-order valence-corrected chi connectivity index (χ0v) is 16.5. The quantitative estimate of drug-likeness (QED) is 0.751. The molecular formula is C20H25N5O3. The molecule has 0 aliphatic carbocycles. The van der Waals surface area contributed by atoms with Crippen molar-refractivity contribution in [3.05, 3.63) is 36.0 Å². The number of nitriles is 1. The lowest BCUT2D eigenvalue weighted by molar-refractivity contribution is 0.203. The van der Waals surface area contributed by atoms with Gasteiger partial charge in [0.2, 0.25) is 0 Å². The van der Waals surface area contributed by atoms with Crippen molar-refractivity contribution in [2.45, 2.75) is 32.7 Å². The molecule has 0 bridgehead atoms. The van der Waals surface area contributed by atoms with Gasteiger partial charge in [-0.3, -0.25) is 4.90 Å². The first kappa shape index (κ1) is 21.1. The van der Waals surface area contributed by atoms with Crippen LogP contribution in [0.15, 0.2) is 30.5 Å². The van der Waals surface area contributed by atoms with E-state index in [1.54, 1.807) is 24.3 Å². The highest BCUT2D eigenvalue weighted by atomic mass is 16.5. The van der Waals surface area contributed by atoms with Gasteiger partial charge < -0.3 is 15.6 Å². The average molecular weight is 383 g/mol. The summed E-state index contributed by atoms with van der Waals surface area (Å²) in [4.78, 5) is 12.1. The number of rotatable bonds is 7. The lowest BCUT2D eigenvalue weighted by Gasteiger charge is -2.26. The lowest BCUT2D eigenvalue weighted by atomic mass is 9.93. The summed E-state index contributed by atoms with van der Waals surface area (Å²) in [6.45, 7) is 6.42. The summed E-state index contributed by atoms with van der Waals surface area (Å²) in [7, 11) is 1.38. The van der Waals surface area contributed by atoms with Crippen LogP contribution in [0, 0.1) is 17.2 Å². The number of amides is 1. The van der Waals surface area contributed by atoms with Crippen molar-refractivity contribution in [1.82, 2.24) is 10.2 Å². The Bertz CT molecular complexity index is 890. The minimum atomic E-state index is -1.14. The molecule has 28 heavy (non-hydrogen) atoms. The number of benzene rings is 1. The van der Waals surface area contributed by atoms with Crippen LogP contribution in [0.5, 0.6) is 5.75 Å². The van der Waals surface area contributed by atoms with Gasteiger partial charge in [0, 0.05) is 18.2 Å². The number of aromatic nitrogens is 2. The summed E-state index contributed by atoms with van der Waals surface area (Å²) in [5.41, 5.74) is 7.49. The van der Waals surface area contributed by atoms with Crippen LogP contribution >= 0.6 is 0 Å². The number of ether oxygens (including phenoxy) is 1. The highest BCUT2D eigenvalue weighted by Gasteiger charge is 2.22. The molecule has 1 aromatic heterocycles. The van der Waals surface area contributed by atoms with E-state index in [9.17, 15) is 10.1 Å². The topological polar surface area (TPSA) is 125 Å². The third kappa shape index (κ3) is 5.41. The molecule has 1 heterocycles. The predicted molar refractivity (Wildman–Crippen MR) is 106 cm³/mol. The number of hydrogen-bond donors (Lipinski definition) is 2. The first-order valence-corrected chi connectivity index (χ1v) is 8.88. The molecule has 0 aliphatic heterocycles. The van der Waals surface area contributed by atoms with Crippen molar-refractivity contribution in [2.24, 2.45) is 11.7 Å². The number of nitrogens with two attached hydrogens (primary N) is 1. The van der Waals surface area contributed by atoms with Crippen LogP contribution in [0.25, 0.3) is 11.1 Å². The van der Waals surface area contributed by atoms with Crippen molar-refractivity contribution < 1.29 is 14.6 Å². The van der Waals surface area contributed by atoms with Crippen LogP contribution in [-0.2, 0) is 0 Å². The molecule has 0 fully saturated rings. The fourth-order valence-corrected chi connectivity index (χ4v) is 2.93. The van der Waals surface area contributed by atoms with Crippen LogP contribution in [0.2, 0.25) is 0 Å². The van der Waals surface area contributed by atoms with E-state index in [-0.39, 0.29) is 5.82 Å². The minimum Gasteiger partial charge on any atom is -0.490 e. The summed E-state index contributed by atoms with van der Waals surface area (Å²) >= 11 is 0. The fourth-order valence-electron chi connectivity index (χ4n) is 2.93. The number of anilines is 1. The molecule has 0 saturated heterocycles. The van der Waals surface area contributed by atoms with Gasteiger partial charge in [-0.15, -0.1) is 5.10 Å². The first-order valence-electron chi connectivity index (χ1n) is 8.88. The lowest BCUT2D eigenvalue weighted by Crippen LogP contribution is -2.43. The van der Waals surface area contributed by atoms with Gasteiger partial charge in [-0.05, 0) is 43.0 Å². The molecule has 1 amide bonds. The summed E-state index contributed by atoms with van der Waals surface area (Å²) < 4.78 is 5.82. The Kier molecular flexibility index (Phi) is 6.54. The average Bonchev–Trinajstić information content (AvgIpc) is 2.64. The zero-order chi connectivity index (χ0) is 20.9. The van der Waals surface area contributed by atoms with Crippen molar-refractivity contribution in [2.75, 3.05) is 18.6 Å². The minimum absolute atomic E-state index is 0.191. The third-order valence-electron chi connectivity index (χ3n) is 4.14. The maximum atomic E-state index is 11.1. The molecule has 1 atom stereocenters. The van der Waals surface area contributed by atoms with Crippen LogP contribution in [-0.4, -0.2) is 40.6 Å². The fraction of sp³-hybridized carbons (Fsp3) is 0.400. The zero-order valence-electron chi connectivity index (χ0n) is 16.5. The molecule has 2 rings (SSSR count). The summed E-state index contributed by atoms with van der Waals surface area (Å²) in [5.74, 6) is 1.08. The second-order valence-corrected chi connectivity index (χ2v) is 7.51. The van der Waals surface area contributed by atoms with Gasteiger partial charge in [-0.1, -0.05) is 19.9 Å². The predicted octanol–water partition coefficient (Wildman–Crippen LogP) is 3.27. The molecule has 0 radical (unpaired) electrons. The normalized spacial score (nSPS) is 12.9. The highest BCUT2D eigenvalue weighted by Crippen LogP contribution is 2.28. The van der Waals surface area contributed by atoms with E-state index >= 15 is 0 Å². The van der Waals surface area contributed by atoms with Crippen LogP contribution in [0.3, 0.4) is 0 Å². The standard InChI is InChI=1S/C20H25N5O3/c1-13(2)9-20(3,22)12-28-17-6-5-14(7-15(17)10-21)16-8-18(24-23-11-16)25(4)19(26)27/h5-8,11,13H,9,12,22H2,1-4H3,(H,26,27). The Balaban J connectivity index is 2.25. The van der Waals surface area contributed by atoms with E-state index in [1.807, 2.05) is 6.92 Å². The van der Waals surface area contributed by atoms with Crippen LogP contribution in [0.1, 0.15) is 32.8 Å². The Morgan fingerprint density at radius 3 is 2.71 bits per heavy atom. The third-order valence-corrected chi connectivity index (χ3v) is 4.14. The number of carboxylic acid groups (broad SMARTS) is 1. The molecule has 0 spiro atoms. The maximum Gasteiger partial charge on any atom is 0.412 e. The van der Waals surface area contributed by atoms with Gasteiger partial charge in [0.05, 0.1) is 11.8 Å². The van der Waals surface area contributed by atoms with Crippen molar-refractivity contribution in [1.29, 1.82) is 5.26 Å². The molecule has 0 aliphatic rings. The van der Waals surface area contributed by atoms with Gasteiger partial charge >= 0.3 is 6.09 Å². The molecule has 1 unspecified atom stereocenters. The maximum absolute atomic E-state index is 11.1. The molecule has 0 saturated carbocycles. The van der Waals surface area contributed by atoms with E-state index in [0.717, 1.165) is 11.3 Å². The number of carbonyl (C=O) groups is 1. The highest BCUT2D eigenvalue weighted by molar-refractivity contribution is 5.85. The van der Waals surface area contributed by atoms with Crippen molar-refractivity contribution in [3.8, 4) is 22.9 Å². The molecule has 3 N–H and O–H groups in total. The van der Waals surface area contributed by atoms with E-state index in [0.29, 0.717) is 35.0 Å². The Morgan fingerprint density at radius 1 is 1.39 bits per heavy atom. The Morgan fingerprint density at radius 2 is 2.11 bits per heavy atom. The van der Waals surface area contributed by atoms with E-state index in [1.165, 1.54) is 13.2 Å². The Labute approximate surface area is 164 Å². The van der Waals surface area contributed by atoms with Crippen molar-refractivity contribution in [3.63, 3.8) is 0 Å². The summed E-state index contributed by atoms with van der Waals surface area (Å²) in [6, 6.07) is 8.90. The molecule has 1 aromatic carbocycles. The van der Waals surface area contributed by atoms with E-state index in [4.69, 9.17) is 15.6 Å².